The quantitative estimate of drug-likeness (QED) is 0.446. The zero-order valence-corrected chi connectivity index (χ0v) is 18.1. The van der Waals surface area contributed by atoms with Crippen molar-refractivity contribution in [2.75, 3.05) is 5.73 Å². The molecule has 7 heteroatoms. The summed E-state index contributed by atoms with van der Waals surface area (Å²) in [7, 11) is 0. The summed E-state index contributed by atoms with van der Waals surface area (Å²) in [5.74, 6) is 1.14. The number of anilines is 1. The fourth-order valence-corrected chi connectivity index (χ4v) is 4.94. The van der Waals surface area contributed by atoms with Gasteiger partial charge in [0.25, 0.3) is 5.56 Å². The minimum atomic E-state index is -0.662. The Morgan fingerprint density at radius 3 is 2.64 bits per heavy atom. The number of nitrogens with zero attached hydrogens (tertiary/aromatic N) is 4. The van der Waals surface area contributed by atoms with Gasteiger partial charge < -0.3 is 10.8 Å². The highest BCUT2D eigenvalue weighted by molar-refractivity contribution is 5.86. The van der Waals surface area contributed by atoms with Crippen LogP contribution in [0.1, 0.15) is 31.4 Å². The van der Waals surface area contributed by atoms with Crippen LogP contribution in [0, 0.1) is 0 Å². The molecule has 0 radical (unpaired) electrons. The largest absolute Gasteiger partial charge is 0.390 e. The van der Waals surface area contributed by atoms with Gasteiger partial charge in [-0.05, 0) is 55.5 Å². The third kappa shape index (κ3) is 3.12. The van der Waals surface area contributed by atoms with Crippen molar-refractivity contribution in [1.82, 2.24) is 18.9 Å². The number of hydrogen-bond acceptors (Lipinski definition) is 5. The van der Waals surface area contributed by atoms with E-state index in [2.05, 4.69) is 4.98 Å². The van der Waals surface area contributed by atoms with Crippen LogP contribution in [0.3, 0.4) is 0 Å². The number of hydrogen-bond donors (Lipinski definition) is 2. The second-order valence-corrected chi connectivity index (χ2v) is 9.07. The van der Waals surface area contributed by atoms with Gasteiger partial charge in [0.2, 0.25) is 5.95 Å². The zero-order chi connectivity index (χ0) is 22.7. The summed E-state index contributed by atoms with van der Waals surface area (Å²) in [5.41, 5.74) is 8.89. The molecule has 0 amide bonds. The molecule has 1 saturated carbocycles. The lowest BCUT2D eigenvalue weighted by Gasteiger charge is -2.40. The second kappa shape index (κ2) is 7.02. The molecule has 6 rings (SSSR count). The lowest BCUT2D eigenvalue weighted by Crippen LogP contribution is -2.39. The van der Waals surface area contributed by atoms with Crippen LogP contribution in [0.4, 0.5) is 5.95 Å². The summed E-state index contributed by atoms with van der Waals surface area (Å²) in [6.07, 6.45) is 4.78. The van der Waals surface area contributed by atoms with Crippen molar-refractivity contribution in [3.8, 4) is 17.1 Å². The Morgan fingerprint density at radius 2 is 1.88 bits per heavy atom. The van der Waals surface area contributed by atoms with E-state index in [4.69, 9.17) is 10.7 Å². The molecule has 1 aliphatic rings. The Hall–Kier alpha value is -3.97. The van der Waals surface area contributed by atoms with E-state index in [-0.39, 0.29) is 11.5 Å². The van der Waals surface area contributed by atoms with Gasteiger partial charge in [-0.3, -0.25) is 13.8 Å². The topological polar surface area (TPSA) is 98.4 Å². The van der Waals surface area contributed by atoms with Crippen LogP contribution in [0.5, 0.6) is 0 Å². The number of rotatable bonds is 3. The Balaban J connectivity index is 1.54. The number of nitrogens with two attached hydrogens (primary N) is 1. The van der Waals surface area contributed by atoms with Gasteiger partial charge in [0, 0.05) is 34.9 Å². The predicted octanol–water partition coefficient (Wildman–Crippen LogP) is 3.91. The van der Waals surface area contributed by atoms with Crippen LogP contribution in [0.25, 0.3) is 33.4 Å². The predicted molar refractivity (Wildman–Crippen MR) is 129 cm³/mol. The normalized spacial score (nSPS) is 20.2. The van der Waals surface area contributed by atoms with E-state index in [1.54, 1.807) is 17.0 Å². The Kier molecular flexibility index (Phi) is 4.19. The number of benzene rings is 2. The monoisotopic (exact) mass is 437 g/mol. The molecule has 1 aliphatic carbocycles. The maximum atomic E-state index is 13.4. The summed E-state index contributed by atoms with van der Waals surface area (Å²) in [6.45, 7) is 1.85. The minimum absolute atomic E-state index is 0.0947. The Labute approximate surface area is 189 Å². The van der Waals surface area contributed by atoms with Crippen molar-refractivity contribution < 1.29 is 5.11 Å². The smallest absolute Gasteiger partial charge is 0.262 e. The first-order valence-electron chi connectivity index (χ1n) is 11.0. The average Bonchev–Trinajstić information content (AvgIpc) is 3.19. The first-order chi connectivity index (χ1) is 15.9. The van der Waals surface area contributed by atoms with Crippen molar-refractivity contribution in [2.24, 2.45) is 0 Å². The zero-order valence-electron chi connectivity index (χ0n) is 18.1. The number of imidazole rings is 1. The van der Waals surface area contributed by atoms with Crippen molar-refractivity contribution in [1.29, 1.82) is 0 Å². The number of para-hydroxylation sites is 1. The van der Waals surface area contributed by atoms with Crippen LogP contribution in [0.2, 0.25) is 0 Å². The van der Waals surface area contributed by atoms with Gasteiger partial charge in [-0.1, -0.05) is 30.3 Å². The first kappa shape index (κ1) is 19.7. The second-order valence-electron chi connectivity index (χ2n) is 9.07. The molecule has 0 saturated heterocycles. The molecule has 5 aromatic rings. The molecule has 0 unspecified atom stereocenters. The van der Waals surface area contributed by atoms with Crippen LogP contribution in [0.15, 0.2) is 77.9 Å². The van der Waals surface area contributed by atoms with Gasteiger partial charge >= 0.3 is 0 Å². The summed E-state index contributed by atoms with van der Waals surface area (Å²) in [6, 6.07) is 19.2. The third-order valence-electron chi connectivity index (χ3n) is 6.57. The number of nitrogen functional groups attached to an aromatic ring is 1. The highest BCUT2D eigenvalue weighted by atomic mass is 16.3. The molecule has 3 aromatic heterocycles. The fraction of sp³-hybridized carbons (Fsp3) is 0.192. The molecule has 1 fully saturated rings. The number of aromatic nitrogens is 4. The maximum Gasteiger partial charge on any atom is 0.262 e. The number of fused-ring (bicyclic) bond motifs is 2. The molecule has 3 heterocycles. The molecule has 2 aromatic carbocycles. The Bertz CT molecular complexity index is 1580. The van der Waals surface area contributed by atoms with Crippen molar-refractivity contribution in [3.63, 3.8) is 0 Å². The van der Waals surface area contributed by atoms with Crippen molar-refractivity contribution in [2.45, 2.75) is 31.3 Å². The highest BCUT2D eigenvalue weighted by Crippen LogP contribution is 2.46. The van der Waals surface area contributed by atoms with E-state index in [1.807, 2.05) is 72.0 Å². The van der Waals surface area contributed by atoms with Gasteiger partial charge in [-0.25, -0.2) is 9.97 Å². The van der Waals surface area contributed by atoms with E-state index in [1.165, 1.54) is 0 Å². The van der Waals surface area contributed by atoms with Crippen LogP contribution >= 0.6 is 0 Å². The van der Waals surface area contributed by atoms with Crippen molar-refractivity contribution in [3.05, 3.63) is 89.1 Å². The summed E-state index contributed by atoms with van der Waals surface area (Å²) < 4.78 is 3.48. The molecule has 7 nitrogen and oxygen atoms in total. The summed E-state index contributed by atoms with van der Waals surface area (Å²) in [4.78, 5) is 22.6. The van der Waals surface area contributed by atoms with E-state index < -0.39 is 5.60 Å². The molecule has 0 spiro atoms. The van der Waals surface area contributed by atoms with Gasteiger partial charge in [0.05, 0.1) is 16.8 Å². The molecule has 3 N–H and O–H groups in total. The standard InChI is InChI=1S/C26H23N5O2/c1-26(33)14-18(15-26)22-21-9-11-28-25(27)31(21)23(29-22)17-8-7-16-10-12-30(24(32)20(16)13-17)19-5-3-2-4-6-19/h2-13,18,33H,14-15H2,1H3,(H2,27,28). The van der Waals surface area contributed by atoms with Crippen molar-refractivity contribution >= 4 is 22.2 Å². The van der Waals surface area contributed by atoms with E-state index in [9.17, 15) is 9.90 Å². The summed E-state index contributed by atoms with van der Waals surface area (Å²) >= 11 is 0. The molecular formula is C26H23N5O2. The third-order valence-corrected chi connectivity index (χ3v) is 6.57. The van der Waals surface area contributed by atoms with Gasteiger partial charge in [-0.2, -0.15) is 0 Å². The highest BCUT2D eigenvalue weighted by Gasteiger charge is 2.41. The number of pyridine rings is 1. The minimum Gasteiger partial charge on any atom is -0.390 e. The van der Waals surface area contributed by atoms with Crippen LogP contribution in [-0.2, 0) is 0 Å². The average molecular weight is 438 g/mol. The lowest BCUT2D eigenvalue weighted by molar-refractivity contribution is -0.0318. The Morgan fingerprint density at radius 1 is 1.09 bits per heavy atom. The molecule has 0 atom stereocenters. The summed E-state index contributed by atoms with van der Waals surface area (Å²) in [5, 5.41) is 11.7. The number of aliphatic hydroxyl groups is 1. The molecular weight excluding hydrogens is 414 g/mol. The molecule has 164 valence electrons. The molecule has 0 bridgehead atoms. The maximum absolute atomic E-state index is 13.4. The van der Waals surface area contributed by atoms with Crippen LogP contribution < -0.4 is 11.3 Å². The first-order valence-corrected chi connectivity index (χ1v) is 11.0. The van der Waals surface area contributed by atoms with E-state index in [0.29, 0.717) is 30.0 Å². The fourth-order valence-electron chi connectivity index (χ4n) is 4.94. The lowest BCUT2D eigenvalue weighted by atomic mass is 9.70. The van der Waals surface area contributed by atoms with E-state index >= 15 is 0 Å². The molecule has 0 aliphatic heterocycles. The van der Waals surface area contributed by atoms with Gasteiger partial charge in [0.15, 0.2) is 0 Å². The van der Waals surface area contributed by atoms with E-state index in [0.717, 1.165) is 27.8 Å². The van der Waals surface area contributed by atoms with Gasteiger partial charge in [0.1, 0.15) is 5.82 Å². The van der Waals surface area contributed by atoms with Gasteiger partial charge in [-0.15, -0.1) is 0 Å². The van der Waals surface area contributed by atoms with Crippen LogP contribution in [-0.4, -0.2) is 29.6 Å². The molecule has 33 heavy (non-hydrogen) atoms. The SMILES string of the molecule is CC1(O)CC(c2nc(-c3ccc4ccn(-c5ccccc5)c(=O)c4c3)n3c(N)nccc23)C1.